The van der Waals surface area contributed by atoms with Crippen LogP contribution in [0.1, 0.15) is 11.1 Å². The van der Waals surface area contributed by atoms with Gasteiger partial charge in [0.2, 0.25) is 6.29 Å². The van der Waals surface area contributed by atoms with E-state index >= 15 is 0 Å². The molecule has 0 heterocycles. The summed E-state index contributed by atoms with van der Waals surface area (Å²) >= 11 is 0. The minimum Gasteiger partial charge on any atom is -0.285 e. The van der Waals surface area contributed by atoms with Crippen molar-refractivity contribution >= 4 is 17.1 Å². The molecule has 2 aromatic carbocycles. The van der Waals surface area contributed by atoms with Crippen LogP contribution in [0, 0.1) is 6.92 Å². The lowest BCUT2D eigenvalue weighted by Crippen LogP contribution is -1.88. The molecule has 0 saturated carbocycles. The summed E-state index contributed by atoms with van der Waals surface area (Å²) in [6.45, 7) is 1.92. The number of benzene rings is 2. The van der Waals surface area contributed by atoms with Gasteiger partial charge in [0.05, 0.1) is 0 Å². The molecule has 2 rings (SSSR count). The summed E-state index contributed by atoms with van der Waals surface area (Å²) in [7, 11) is 0. The van der Waals surface area contributed by atoms with E-state index in [1.165, 1.54) is 0 Å². The van der Waals surface area contributed by atoms with Crippen LogP contribution >= 0.6 is 0 Å². The number of aryl methyl sites for hydroxylation is 1. The van der Waals surface area contributed by atoms with Gasteiger partial charge in [-0.05, 0) is 23.3 Å². The summed E-state index contributed by atoms with van der Waals surface area (Å²) < 4.78 is 0. The van der Waals surface area contributed by atoms with E-state index in [0.717, 1.165) is 16.3 Å². The second-order valence-electron chi connectivity index (χ2n) is 3.08. The molecule has 1 nitrogen and oxygen atoms in total. The third-order valence-corrected chi connectivity index (χ3v) is 2.24. The van der Waals surface area contributed by atoms with Gasteiger partial charge in [-0.15, -0.1) is 0 Å². The predicted octanol–water partition coefficient (Wildman–Crippen LogP) is 2.61. The van der Waals surface area contributed by atoms with Gasteiger partial charge in [0, 0.05) is 5.56 Å². The third kappa shape index (κ3) is 1.22. The van der Waals surface area contributed by atoms with Gasteiger partial charge in [0.15, 0.2) is 0 Å². The van der Waals surface area contributed by atoms with E-state index in [4.69, 9.17) is 0 Å². The maximum Gasteiger partial charge on any atom is 0.234 e. The number of hydrogen-bond acceptors (Lipinski definition) is 1. The summed E-state index contributed by atoms with van der Waals surface area (Å²) in [4.78, 5) is 10.7. The molecule has 2 aromatic rings. The summed E-state index contributed by atoms with van der Waals surface area (Å²) in [5, 5.41) is 2.07. The minimum atomic E-state index is 0.679. The maximum atomic E-state index is 10.7. The zero-order chi connectivity index (χ0) is 9.26. The average Bonchev–Trinajstić information content (AvgIpc) is 2.18. The topological polar surface area (TPSA) is 17.1 Å². The van der Waals surface area contributed by atoms with Crippen LogP contribution in [-0.2, 0) is 4.79 Å². The van der Waals surface area contributed by atoms with Crippen molar-refractivity contribution < 1.29 is 4.79 Å². The number of fused-ring (bicyclic) bond motifs is 1. The van der Waals surface area contributed by atoms with E-state index in [0.29, 0.717) is 5.56 Å². The molecule has 0 aliphatic rings. The van der Waals surface area contributed by atoms with Crippen LogP contribution in [0.25, 0.3) is 10.8 Å². The van der Waals surface area contributed by atoms with Crippen LogP contribution in [0.2, 0.25) is 0 Å². The van der Waals surface area contributed by atoms with Crippen molar-refractivity contribution in [2.24, 2.45) is 0 Å². The highest BCUT2D eigenvalue weighted by atomic mass is 16.1. The van der Waals surface area contributed by atoms with Crippen LogP contribution in [0.15, 0.2) is 36.4 Å². The molecule has 13 heavy (non-hydrogen) atoms. The normalized spacial score (nSPS) is 10.2. The predicted molar refractivity (Wildman–Crippen MR) is 53.5 cm³/mol. The molecule has 0 fully saturated rings. The first kappa shape index (κ1) is 7.99. The Kier molecular flexibility index (Phi) is 1.85. The molecule has 0 aliphatic carbocycles. The van der Waals surface area contributed by atoms with E-state index in [1.807, 2.05) is 49.6 Å². The Labute approximate surface area is 77.0 Å². The van der Waals surface area contributed by atoms with E-state index in [1.54, 1.807) is 0 Å². The van der Waals surface area contributed by atoms with Crippen LogP contribution < -0.4 is 0 Å². The molecule has 0 aliphatic heterocycles. The lowest BCUT2D eigenvalue weighted by Gasteiger charge is -2.02. The van der Waals surface area contributed by atoms with Crippen LogP contribution in [0.3, 0.4) is 0 Å². The molecular formula is C12H9O. The fourth-order valence-electron chi connectivity index (χ4n) is 1.52. The zero-order valence-corrected chi connectivity index (χ0v) is 7.37. The van der Waals surface area contributed by atoms with Crippen LogP contribution in [0.5, 0.6) is 0 Å². The Morgan fingerprint density at radius 2 is 1.85 bits per heavy atom. The van der Waals surface area contributed by atoms with Crippen molar-refractivity contribution in [2.45, 2.75) is 6.92 Å². The quantitative estimate of drug-likeness (QED) is 0.641. The van der Waals surface area contributed by atoms with Gasteiger partial charge in [0.25, 0.3) is 0 Å². The first-order valence-electron chi connectivity index (χ1n) is 4.19. The summed E-state index contributed by atoms with van der Waals surface area (Å²) in [6.07, 6.45) is 1.99. The van der Waals surface area contributed by atoms with Gasteiger partial charge in [0.1, 0.15) is 0 Å². The molecule has 0 atom stereocenters. The van der Waals surface area contributed by atoms with Gasteiger partial charge in [-0.1, -0.05) is 36.4 Å². The van der Waals surface area contributed by atoms with Crippen molar-refractivity contribution in [1.82, 2.24) is 0 Å². The number of hydrogen-bond donors (Lipinski definition) is 0. The standard InChI is InChI=1S/C12H9O/c1-9-6-7-10-4-2-3-5-11(10)12(9)8-13/h2-7H,1H3. The molecular weight excluding hydrogens is 160 g/mol. The number of rotatable bonds is 1. The monoisotopic (exact) mass is 169 g/mol. The molecule has 0 spiro atoms. The smallest absolute Gasteiger partial charge is 0.234 e. The van der Waals surface area contributed by atoms with Gasteiger partial charge in [-0.2, -0.15) is 0 Å². The second kappa shape index (κ2) is 3.02. The lowest BCUT2D eigenvalue weighted by atomic mass is 10.0. The molecule has 0 amide bonds. The Morgan fingerprint density at radius 1 is 1.08 bits per heavy atom. The zero-order valence-electron chi connectivity index (χ0n) is 7.37. The van der Waals surface area contributed by atoms with Crippen molar-refractivity contribution in [3.05, 3.63) is 47.5 Å². The lowest BCUT2D eigenvalue weighted by molar-refractivity contribution is 0.563. The summed E-state index contributed by atoms with van der Waals surface area (Å²) in [5.41, 5.74) is 1.66. The van der Waals surface area contributed by atoms with Gasteiger partial charge in [-0.3, -0.25) is 4.79 Å². The van der Waals surface area contributed by atoms with Crippen molar-refractivity contribution in [3.8, 4) is 0 Å². The van der Waals surface area contributed by atoms with E-state index in [-0.39, 0.29) is 0 Å². The van der Waals surface area contributed by atoms with Gasteiger partial charge in [-0.25, -0.2) is 0 Å². The van der Waals surface area contributed by atoms with Crippen molar-refractivity contribution in [2.75, 3.05) is 0 Å². The average molecular weight is 169 g/mol. The fourth-order valence-corrected chi connectivity index (χ4v) is 1.52. The highest BCUT2D eigenvalue weighted by Gasteiger charge is 2.02. The van der Waals surface area contributed by atoms with Crippen molar-refractivity contribution in [3.63, 3.8) is 0 Å². The molecule has 0 N–H and O–H groups in total. The first-order valence-corrected chi connectivity index (χ1v) is 4.19. The molecule has 1 radical (unpaired) electrons. The fraction of sp³-hybridized carbons (Fsp3) is 0.0833. The largest absolute Gasteiger partial charge is 0.285 e. The van der Waals surface area contributed by atoms with E-state index in [9.17, 15) is 4.79 Å². The Morgan fingerprint density at radius 3 is 2.62 bits per heavy atom. The van der Waals surface area contributed by atoms with Gasteiger partial charge < -0.3 is 0 Å². The van der Waals surface area contributed by atoms with E-state index < -0.39 is 0 Å². The molecule has 1 heteroatoms. The molecule has 63 valence electrons. The summed E-state index contributed by atoms with van der Waals surface area (Å²) in [6, 6.07) is 11.8. The maximum absolute atomic E-state index is 10.7. The first-order chi connectivity index (χ1) is 6.33. The Bertz CT molecular complexity index is 458. The highest BCUT2D eigenvalue weighted by Crippen LogP contribution is 2.19. The molecule has 0 unspecified atom stereocenters. The highest BCUT2D eigenvalue weighted by molar-refractivity contribution is 5.99. The third-order valence-electron chi connectivity index (χ3n) is 2.24. The Balaban J connectivity index is 2.91. The van der Waals surface area contributed by atoms with E-state index in [2.05, 4.69) is 0 Å². The van der Waals surface area contributed by atoms with Crippen LogP contribution in [0.4, 0.5) is 0 Å². The molecule has 0 saturated heterocycles. The summed E-state index contributed by atoms with van der Waals surface area (Å²) in [5.74, 6) is 0. The minimum absolute atomic E-state index is 0.679. The van der Waals surface area contributed by atoms with Gasteiger partial charge >= 0.3 is 0 Å². The van der Waals surface area contributed by atoms with Crippen molar-refractivity contribution in [1.29, 1.82) is 0 Å². The molecule has 0 bridgehead atoms. The molecule has 0 aromatic heterocycles. The Hall–Kier alpha value is -1.63. The second-order valence-corrected chi connectivity index (χ2v) is 3.08. The SMILES string of the molecule is Cc1ccc2ccccc2c1[C]=O. The number of carbonyl (C=O) groups excluding carboxylic acids is 1. The van der Waals surface area contributed by atoms with Crippen LogP contribution in [-0.4, -0.2) is 6.29 Å².